The van der Waals surface area contributed by atoms with Crippen LogP contribution in [-0.2, 0) is 0 Å². The van der Waals surface area contributed by atoms with Crippen LogP contribution >= 0.6 is 22.7 Å². The van der Waals surface area contributed by atoms with Gasteiger partial charge in [0.05, 0.1) is 9.40 Å². The van der Waals surface area contributed by atoms with E-state index in [4.69, 9.17) is 5.26 Å². The average Bonchev–Trinajstić information content (AvgIpc) is 3.13. The zero-order valence-electron chi connectivity index (χ0n) is 10.4. The van der Waals surface area contributed by atoms with E-state index in [0.29, 0.717) is 0 Å². The van der Waals surface area contributed by atoms with Crippen LogP contribution in [0.4, 0.5) is 0 Å². The number of thiophene rings is 2. The Labute approximate surface area is 123 Å². The van der Waals surface area contributed by atoms with E-state index < -0.39 is 0 Å². The van der Waals surface area contributed by atoms with Crippen LogP contribution in [0.5, 0.6) is 0 Å². The fourth-order valence-electron chi connectivity index (χ4n) is 1.75. The highest BCUT2D eigenvalue weighted by Gasteiger charge is 1.98. The average molecular weight is 295 g/mol. The summed E-state index contributed by atoms with van der Waals surface area (Å²) < 4.78 is 2.33. The summed E-state index contributed by atoms with van der Waals surface area (Å²) in [4.78, 5) is 8.70. The van der Waals surface area contributed by atoms with Gasteiger partial charge in [-0.05, 0) is 40.4 Å². The molecule has 0 N–H and O–H groups in total. The van der Waals surface area contributed by atoms with Crippen LogP contribution in [-0.4, -0.2) is 9.97 Å². The molecule has 3 nitrogen and oxygen atoms in total. The van der Waals surface area contributed by atoms with Crippen LogP contribution in [0, 0.1) is 11.3 Å². The van der Waals surface area contributed by atoms with Gasteiger partial charge in [0.15, 0.2) is 0 Å². The summed E-state index contributed by atoms with van der Waals surface area (Å²) in [5.41, 5.74) is 0. The van der Waals surface area contributed by atoms with E-state index in [-0.39, 0.29) is 0 Å². The van der Waals surface area contributed by atoms with Crippen LogP contribution in [0.2, 0.25) is 0 Å². The van der Waals surface area contributed by atoms with Crippen molar-refractivity contribution in [1.29, 1.82) is 5.26 Å². The van der Waals surface area contributed by atoms with Gasteiger partial charge in [0.25, 0.3) is 0 Å². The lowest BCUT2D eigenvalue weighted by Gasteiger charge is -1.81. The number of aromatic nitrogens is 2. The van der Waals surface area contributed by atoms with E-state index in [0.717, 1.165) is 15.0 Å². The molecule has 5 heteroatoms. The highest BCUT2D eigenvalue weighted by atomic mass is 32.1. The Hall–Kier alpha value is -2.29. The van der Waals surface area contributed by atoms with Crippen molar-refractivity contribution in [2.24, 2.45) is 0 Å². The fourth-order valence-corrected chi connectivity index (χ4v) is 3.33. The standard InChI is InChI=1S/C8H4N2S.C7H5NS/c9-4-7-3-6-1-2-10-5-8(6)11-7;1-3-8-5-7-6(1)2-4-9-7/h1-3,5H;1-5H. The lowest BCUT2D eigenvalue weighted by atomic mass is 10.3. The van der Waals surface area contributed by atoms with Crippen LogP contribution in [0.15, 0.2) is 54.4 Å². The molecule has 0 saturated carbocycles. The molecule has 0 aliphatic carbocycles. The maximum atomic E-state index is 8.58. The minimum absolute atomic E-state index is 0.744. The molecule has 4 heterocycles. The number of nitrogens with zero attached hydrogens (tertiary/aromatic N) is 3. The third-order valence-corrected chi connectivity index (χ3v) is 4.55. The van der Waals surface area contributed by atoms with Gasteiger partial charge >= 0.3 is 0 Å². The van der Waals surface area contributed by atoms with Crippen molar-refractivity contribution >= 4 is 42.8 Å². The molecule has 0 unspecified atom stereocenters. The molecule has 4 aromatic heterocycles. The molecular weight excluding hydrogens is 286 g/mol. The number of pyridine rings is 2. The summed E-state index contributed by atoms with van der Waals surface area (Å²) in [6.45, 7) is 0. The van der Waals surface area contributed by atoms with Crippen molar-refractivity contribution in [3.05, 3.63) is 59.3 Å². The van der Waals surface area contributed by atoms with E-state index in [9.17, 15) is 0 Å². The van der Waals surface area contributed by atoms with Gasteiger partial charge in [-0.3, -0.25) is 9.97 Å². The second-order valence-electron chi connectivity index (χ2n) is 3.97. The number of nitriles is 1. The fraction of sp³-hybridized carbons (Fsp3) is 0. The van der Waals surface area contributed by atoms with Gasteiger partial charge in [-0.25, -0.2) is 0 Å². The number of hydrogen-bond donors (Lipinski definition) is 0. The Bertz CT molecular complexity index is 823. The molecule has 4 aromatic rings. The second-order valence-corrected chi connectivity index (χ2v) is 6.00. The predicted octanol–water partition coefficient (Wildman–Crippen LogP) is 4.46. The van der Waals surface area contributed by atoms with E-state index >= 15 is 0 Å². The molecule has 4 rings (SSSR count). The first-order valence-corrected chi connectivity index (χ1v) is 7.57. The van der Waals surface area contributed by atoms with Gasteiger partial charge in [0, 0.05) is 24.8 Å². The molecule has 0 atom stereocenters. The Balaban J connectivity index is 0.000000123. The Morgan fingerprint density at radius 2 is 1.70 bits per heavy atom. The first-order chi connectivity index (χ1) is 9.86. The molecule has 0 aliphatic heterocycles. The third kappa shape index (κ3) is 2.67. The molecule has 0 fully saturated rings. The van der Waals surface area contributed by atoms with Crippen molar-refractivity contribution in [1.82, 2.24) is 9.97 Å². The van der Waals surface area contributed by atoms with Crippen molar-refractivity contribution < 1.29 is 0 Å². The maximum absolute atomic E-state index is 8.58. The normalized spacial score (nSPS) is 9.95. The highest BCUT2D eigenvalue weighted by Crippen LogP contribution is 2.23. The number of hydrogen-bond acceptors (Lipinski definition) is 5. The zero-order chi connectivity index (χ0) is 13.8. The summed E-state index contributed by atoms with van der Waals surface area (Å²) in [6.07, 6.45) is 7.21. The third-order valence-electron chi connectivity index (χ3n) is 2.69. The van der Waals surface area contributed by atoms with Crippen LogP contribution < -0.4 is 0 Å². The lowest BCUT2D eigenvalue weighted by Crippen LogP contribution is -1.64. The molecule has 20 heavy (non-hydrogen) atoms. The Morgan fingerprint density at radius 3 is 2.40 bits per heavy atom. The van der Waals surface area contributed by atoms with Gasteiger partial charge in [0.2, 0.25) is 0 Å². The van der Waals surface area contributed by atoms with Crippen molar-refractivity contribution in [2.45, 2.75) is 0 Å². The van der Waals surface area contributed by atoms with Crippen molar-refractivity contribution in [3.63, 3.8) is 0 Å². The molecular formula is C15H9N3S2. The van der Waals surface area contributed by atoms with E-state index in [2.05, 4.69) is 27.5 Å². The molecule has 0 amide bonds. The smallest absolute Gasteiger partial charge is 0.110 e. The van der Waals surface area contributed by atoms with Crippen molar-refractivity contribution in [3.8, 4) is 6.07 Å². The highest BCUT2D eigenvalue weighted by molar-refractivity contribution is 7.19. The molecule has 0 aromatic carbocycles. The minimum atomic E-state index is 0.744. The summed E-state index contributed by atoms with van der Waals surface area (Å²) >= 11 is 3.20. The van der Waals surface area contributed by atoms with Crippen LogP contribution in [0.25, 0.3) is 20.2 Å². The molecule has 0 saturated heterocycles. The van der Waals surface area contributed by atoms with Gasteiger partial charge in [0.1, 0.15) is 10.9 Å². The quantitative estimate of drug-likeness (QED) is 0.481. The van der Waals surface area contributed by atoms with Gasteiger partial charge < -0.3 is 0 Å². The van der Waals surface area contributed by atoms with Crippen LogP contribution in [0.3, 0.4) is 0 Å². The molecule has 96 valence electrons. The summed E-state index contributed by atoms with van der Waals surface area (Å²) in [6, 6.07) is 10.0. The maximum Gasteiger partial charge on any atom is 0.110 e. The van der Waals surface area contributed by atoms with E-state index in [1.54, 1.807) is 23.7 Å². The molecule has 0 spiro atoms. The molecule has 0 radical (unpaired) electrons. The second kappa shape index (κ2) is 5.78. The summed E-state index contributed by atoms with van der Waals surface area (Å²) in [7, 11) is 0. The topological polar surface area (TPSA) is 49.6 Å². The molecule has 0 bridgehead atoms. The minimum Gasteiger partial charge on any atom is -0.263 e. The van der Waals surface area contributed by atoms with Gasteiger partial charge in [-0.2, -0.15) is 5.26 Å². The number of fused-ring (bicyclic) bond motifs is 2. The summed E-state index contributed by atoms with van der Waals surface area (Å²) in [5.74, 6) is 0. The Morgan fingerprint density at radius 1 is 0.950 bits per heavy atom. The van der Waals surface area contributed by atoms with Crippen LogP contribution in [0.1, 0.15) is 4.88 Å². The first kappa shape index (κ1) is 12.7. The largest absolute Gasteiger partial charge is 0.263 e. The Kier molecular flexibility index (Phi) is 3.68. The lowest BCUT2D eigenvalue weighted by molar-refractivity contribution is 1.37. The monoisotopic (exact) mass is 295 g/mol. The van der Waals surface area contributed by atoms with E-state index in [1.807, 2.05) is 30.6 Å². The van der Waals surface area contributed by atoms with E-state index in [1.165, 1.54) is 21.4 Å². The van der Waals surface area contributed by atoms with Crippen molar-refractivity contribution in [2.75, 3.05) is 0 Å². The number of rotatable bonds is 0. The SMILES string of the molecule is N#Cc1cc2ccncc2s1.c1cc2ccsc2cn1. The first-order valence-electron chi connectivity index (χ1n) is 5.88. The predicted molar refractivity (Wildman–Crippen MR) is 84.0 cm³/mol. The zero-order valence-corrected chi connectivity index (χ0v) is 12.0. The van der Waals surface area contributed by atoms with Gasteiger partial charge in [-0.15, -0.1) is 22.7 Å². The molecule has 0 aliphatic rings. The summed E-state index contributed by atoms with van der Waals surface area (Å²) in [5, 5.41) is 13.0. The van der Waals surface area contributed by atoms with Gasteiger partial charge in [-0.1, -0.05) is 0 Å².